The van der Waals surface area contributed by atoms with Crippen molar-refractivity contribution < 1.29 is 4.79 Å². The third-order valence-electron chi connectivity index (χ3n) is 6.80. The fourth-order valence-corrected chi connectivity index (χ4v) is 5.13. The summed E-state index contributed by atoms with van der Waals surface area (Å²) in [7, 11) is 2.21. The van der Waals surface area contributed by atoms with E-state index in [4.69, 9.17) is 0 Å². The van der Waals surface area contributed by atoms with Gasteiger partial charge >= 0.3 is 0 Å². The molecule has 28 heavy (non-hydrogen) atoms. The summed E-state index contributed by atoms with van der Waals surface area (Å²) >= 11 is 0. The smallest absolute Gasteiger partial charge is 0.237 e. The van der Waals surface area contributed by atoms with Crippen LogP contribution in [0.2, 0.25) is 0 Å². The molecule has 2 fully saturated rings. The van der Waals surface area contributed by atoms with Crippen LogP contribution in [-0.4, -0.2) is 55.0 Å². The average molecular weight is 380 g/mol. The van der Waals surface area contributed by atoms with Gasteiger partial charge in [-0.1, -0.05) is 49.4 Å². The molecule has 0 radical (unpaired) electrons. The first kappa shape index (κ1) is 19.4. The summed E-state index contributed by atoms with van der Waals surface area (Å²) in [5, 5.41) is 5.72. The van der Waals surface area contributed by atoms with Crippen LogP contribution in [0.25, 0.3) is 10.8 Å². The number of rotatable bonds is 5. The van der Waals surface area contributed by atoms with Crippen molar-refractivity contribution in [3.63, 3.8) is 0 Å². The molecule has 0 bridgehead atoms. The van der Waals surface area contributed by atoms with Gasteiger partial charge in [-0.25, -0.2) is 0 Å². The van der Waals surface area contributed by atoms with Crippen LogP contribution in [0.3, 0.4) is 0 Å². The summed E-state index contributed by atoms with van der Waals surface area (Å²) in [6.45, 7) is 7.23. The maximum Gasteiger partial charge on any atom is 0.237 e. The Kier molecular flexibility index (Phi) is 5.70. The molecule has 150 valence electrons. The van der Waals surface area contributed by atoms with Crippen LogP contribution in [0.15, 0.2) is 42.5 Å². The fraction of sp³-hybridized carbons (Fsp3) is 0.542. The number of nitrogens with one attached hydrogen (secondary N) is 1. The topological polar surface area (TPSA) is 35.6 Å². The maximum atomic E-state index is 13.2. The van der Waals surface area contributed by atoms with E-state index in [2.05, 4.69) is 71.6 Å². The summed E-state index contributed by atoms with van der Waals surface area (Å²) in [6.07, 6.45) is 4.55. The lowest BCUT2D eigenvalue weighted by Crippen LogP contribution is -2.43. The summed E-state index contributed by atoms with van der Waals surface area (Å²) in [4.78, 5) is 18.0. The lowest BCUT2D eigenvalue weighted by molar-refractivity contribution is -0.125. The first-order chi connectivity index (χ1) is 13.6. The van der Waals surface area contributed by atoms with Gasteiger partial charge in [-0.15, -0.1) is 0 Å². The van der Waals surface area contributed by atoms with Gasteiger partial charge < -0.3 is 10.2 Å². The molecule has 4 heteroatoms. The van der Waals surface area contributed by atoms with E-state index < -0.39 is 0 Å². The van der Waals surface area contributed by atoms with Crippen LogP contribution >= 0.6 is 0 Å². The Bertz CT molecular complexity index is 820. The third-order valence-corrected chi connectivity index (χ3v) is 6.80. The van der Waals surface area contributed by atoms with E-state index in [1.165, 1.54) is 29.2 Å². The highest BCUT2D eigenvalue weighted by atomic mass is 16.2. The van der Waals surface area contributed by atoms with Crippen LogP contribution in [0.5, 0.6) is 0 Å². The van der Waals surface area contributed by atoms with Gasteiger partial charge in [0, 0.05) is 13.1 Å². The van der Waals surface area contributed by atoms with Gasteiger partial charge in [0.1, 0.15) is 0 Å². The second-order valence-corrected chi connectivity index (χ2v) is 8.85. The number of benzene rings is 2. The van der Waals surface area contributed by atoms with Gasteiger partial charge in [0.05, 0.1) is 6.04 Å². The zero-order chi connectivity index (χ0) is 19.6. The molecule has 1 unspecified atom stereocenters. The number of carbonyl (C=O) groups is 1. The van der Waals surface area contributed by atoms with Crippen molar-refractivity contribution >= 4 is 16.7 Å². The number of hydrogen-bond acceptors (Lipinski definition) is 3. The van der Waals surface area contributed by atoms with Crippen LogP contribution in [-0.2, 0) is 11.3 Å². The first-order valence-electron chi connectivity index (χ1n) is 10.8. The van der Waals surface area contributed by atoms with Crippen LogP contribution in [0.1, 0.15) is 38.2 Å². The molecule has 1 atom stereocenters. The predicted octanol–water partition coefficient (Wildman–Crippen LogP) is 3.65. The SMILES string of the molecule is CCCN1CC2(CCN(C)CC2)CC1C(=O)NCc1cccc2ccccc12. The minimum Gasteiger partial charge on any atom is -0.351 e. The standard InChI is InChI=1S/C24H33N3O/c1-3-13-27-18-24(11-14-26(2)15-12-24)16-22(27)23(28)25-17-20-9-6-8-19-7-4-5-10-21(19)20/h4-10,22H,3,11-18H2,1-2H3,(H,25,28). The van der Waals surface area contributed by atoms with E-state index >= 15 is 0 Å². The molecule has 2 aromatic carbocycles. The van der Waals surface area contributed by atoms with E-state index in [1.54, 1.807) is 0 Å². The van der Waals surface area contributed by atoms with Crippen LogP contribution in [0, 0.1) is 5.41 Å². The molecule has 1 spiro atoms. The van der Waals surface area contributed by atoms with Crippen molar-refractivity contribution in [2.75, 3.05) is 33.2 Å². The third kappa shape index (κ3) is 3.94. The Hall–Kier alpha value is -1.91. The lowest BCUT2D eigenvalue weighted by atomic mass is 9.76. The molecule has 1 amide bonds. The molecule has 4 rings (SSSR count). The number of amides is 1. The minimum atomic E-state index is 0.0262. The van der Waals surface area contributed by atoms with E-state index in [0.29, 0.717) is 12.0 Å². The second-order valence-electron chi connectivity index (χ2n) is 8.85. The van der Waals surface area contributed by atoms with Crippen molar-refractivity contribution in [1.29, 1.82) is 0 Å². The van der Waals surface area contributed by atoms with Crippen molar-refractivity contribution in [3.05, 3.63) is 48.0 Å². The van der Waals surface area contributed by atoms with Crippen molar-refractivity contribution in [2.45, 2.75) is 45.2 Å². The molecule has 2 aliphatic heterocycles. The van der Waals surface area contributed by atoms with Crippen molar-refractivity contribution in [1.82, 2.24) is 15.1 Å². The molecule has 0 saturated carbocycles. The quantitative estimate of drug-likeness (QED) is 0.861. The number of carbonyl (C=O) groups excluding carboxylic acids is 1. The largest absolute Gasteiger partial charge is 0.351 e. The zero-order valence-electron chi connectivity index (χ0n) is 17.3. The molecule has 2 saturated heterocycles. The summed E-state index contributed by atoms with van der Waals surface area (Å²) in [6, 6.07) is 14.8. The second kappa shape index (κ2) is 8.22. The monoisotopic (exact) mass is 379 g/mol. The summed E-state index contributed by atoms with van der Waals surface area (Å²) in [5.74, 6) is 0.206. The Labute approximate surface area is 168 Å². The fourth-order valence-electron chi connectivity index (χ4n) is 5.13. The molecular formula is C24H33N3O. The number of nitrogens with zero attached hydrogens (tertiary/aromatic N) is 2. The normalized spacial score (nSPS) is 22.7. The van der Waals surface area contributed by atoms with E-state index in [0.717, 1.165) is 39.0 Å². The number of likely N-dealkylation sites (tertiary alicyclic amines) is 2. The molecule has 2 heterocycles. The maximum absolute atomic E-state index is 13.2. The lowest BCUT2D eigenvalue weighted by Gasteiger charge is -2.37. The van der Waals surface area contributed by atoms with Gasteiger partial charge in [-0.05, 0) is 74.1 Å². The number of piperidine rings is 1. The van der Waals surface area contributed by atoms with Gasteiger partial charge in [0.15, 0.2) is 0 Å². The summed E-state index contributed by atoms with van der Waals surface area (Å²) < 4.78 is 0. The van der Waals surface area contributed by atoms with Gasteiger partial charge in [0.2, 0.25) is 5.91 Å². The van der Waals surface area contributed by atoms with Crippen molar-refractivity contribution in [2.24, 2.45) is 5.41 Å². The molecule has 0 aromatic heterocycles. The first-order valence-corrected chi connectivity index (χ1v) is 10.8. The number of hydrogen-bond donors (Lipinski definition) is 1. The zero-order valence-corrected chi connectivity index (χ0v) is 17.3. The Morgan fingerprint density at radius 3 is 2.68 bits per heavy atom. The van der Waals surface area contributed by atoms with E-state index in [9.17, 15) is 4.79 Å². The Morgan fingerprint density at radius 1 is 1.14 bits per heavy atom. The molecule has 2 aliphatic rings. The molecular weight excluding hydrogens is 346 g/mol. The van der Waals surface area contributed by atoms with Gasteiger partial charge in [0.25, 0.3) is 0 Å². The Balaban J connectivity index is 1.45. The highest BCUT2D eigenvalue weighted by Crippen LogP contribution is 2.43. The molecule has 0 aliphatic carbocycles. The average Bonchev–Trinajstić information content (AvgIpc) is 3.07. The van der Waals surface area contributed by atoms with Crippen LogP contribution < -0.4 is 5.32 Å². The molecule has 4 nitrogen and oxygen atoms in total. The predicted molar refractivity (Wildman–Crippen MR) is 115 cm³/mol. The van der Waals surface area contributed by atoms with Crippen LogP contribution in [0.4, 0.5) is 0 Å². The number of fused-ring (bicyclic) bond motifs is 1. The molecule has 2 aromatic rings. The van der Waals surface area contributed by atoms with E-state index in [-0.39, 0.29) is 11.9 Å². The minimum absolute atomic E-state index is 0.0262. The Morgan fingerprint density at radius 2 is 1.89 bits per heavy atom. The van der Waals surface area contributed by atoms with Gasteiger partial charge in [-0.3, -0.25) is 9.69 Å². The van der Waals surface area contributed by atoms with Crippen molar-refractivity contribution in [3.8, 4) is 0 Å². The molecule has 1 N–H and O–H groups in total. The highest BCUT2D eigenvalue weighted by molar-refractivity contribution is 5.87. The summed E-state index contributed by atoms with van der Waals surface area (Å²) in [5.41, 5.74) is 1.53. The highest BCUT2D eigenvalue weighted by Gasteiger charge is 2.47. The van der Waals surface area contributed by atoms with Gasteiger partial charge in [-0.2, -0.15) is 0 Å². The van der Waals surface area contributed by atoms with E-state index in [1.807, 2.05) is 0 Å².